The predicted octanol–water partition coefficient (Wildman–Crippen LogP) is -1.000. The molecule has 0 radical (unpaired) electrons. The number of carboxylic acid groups (broad SMARTS) is 2. The van der Waals surface area contributed by atoms with E-state index in [4.69, 9.17) is 4.74 Å². The Balaban J connectivity index is 0.00000200. The Labute approximate surface area is 150 Å². The summed E-state index contributed by atoms with van der Waals surface area (Å²) in [6.07, 6.45) is 0. The summed E-state index contributed by atoms with van der Waals surface area (Å²) in [7, 11) is 0. The van der Waals surface area contributed by atoms with Crippen molar-refractivity contribution >= 4 is 49.7 Å². The van der Waals surface area contributed by atoms with Gasteiger partial charge in [0.2, 0.25) is 0 Å². The molecule has 2 rings (SSSR count). The van der Waals surface area contributed by atoms with Gasteiger partial charge in [-0.05, 0) is 59.7 Å². The molecular formula is C14H10CaO6. The van der Waals surface area contributed by atoms with Crippen molar-refractivity contribution < 1.29 is 30.0 Å². The first-order valence-electron chi connectivity index (χ1n) is 5.37. The first kappa shape index (κ1) is 19.4. The monoisotopic (exact) mass is 314 g/mol. The van der Waals surface area contributed by atoms with Gasteiger partial charge in [0.15, 0.2) is 0 Å². The minimum Gasteiger partial charge on any atom is -0.545 e. The number of hydrogen-bond donors (Lipinski definition) is 0. The van der Waals surface area contributed by atoms with E-state index in [1.807, 2.05) is 0 Å². The van der Waals surface area contributed by atoms with Crippen LogP contribution in [0.5, 0.6) is 11.5 Å². The zero-order chi connectivity index (χ0) is 13.8. The first-order valence-corrected chi connectivity index (χ1v) is 5.37. The standard InChI is InChI=1S/C14H10O5.Ca.H2O/c15-13(16)9-1-5-11(6-2-9)19-12-7-3-10(4-8-12)14(17)18;;/h1-8H,(H,15,16)(H,17,18);;1H2/q;+2;/p-2. The number of carboxylic acids is 2. The Morgan fingerprint density at radius 3 is 1.24 bits per heavy atom. The molecule has 21 heavy (non-hydrogen) atoms. The molecule has 0 atom stereocenters. The Kier molecular flexibility index (Phi) is 7.98. The molecule has 2 aromatic rings. The summed E-state index contributed by atoms with van der Waals surface area (Å²) in [5.41, 5.74) is 0.110. The number of rotatable bonds is 4. The van der Waals surface area contributed by atoms with Crippen LogP contribution >= 0.6 is 0 Å². The van der Waals surface area contributed by atoms with E-state index in [9.17, 15) is 19.8 Å². The summed E-state index contributed by atoms with van der Waals surface area (Å²) in [5.74, 6) is -1.65. The van der Waals surface area contributed by atoms with Crippen LogP contribution in [0.15, 0.2) is 48.5 Å². The molecule has 0 unspecified atom stereocenters. The molecule has 2 N–H and O–H groups in total. The van der Waals surface area contributed by atoms with E-state index in [-0.39, 0.29) is 54.3 Å². The van der Waals surface area contributed by atoms with Crippen LogP contribution in [0.4, 0.5) is 0 Å². The second-order valence-corrected chi connectivity index (χ2v) is 3.73. The predicted molar refractivity (Wildman–Crippen MR) is 71.0 cm³/mol. The van der Waals surface area contributed by atoms with Gasteiger partial charge in [0.05, 0.1) is 11.9 Å². The molecule has 0 heterocycles. The van der Waals surface area contributed by atoms with Gasteiger partial charge in [-0.1, -0.05) is 0 Å². The van der Waals surface area contributed by atoms with E-state index < -0.39 is 11.9 Å². The van der Waals surface area contributed by atoms with Crippen LogP contribution in [0.1, 0.15) is 20.7 Å². The Morgan fingerprint density at radius 2 is 1.00 bits per heavy atom. The Bertz CT molecular complexity index is 551. The van der Waals surface area contributed by atoms with Gasteiger partial charge < -0.3 is 30.0 Å². The molecule has 2 aromatic carbocycles. The third-order valence-corrected chi connectivity index (χ3v) is 2.42. The number of benzene rings is 2. The van der Waals surface area contributed by atoms with Crippen molar-refractivity contribution in [3.8, 4) is 11.5 Å². The number of carbonyl (C=O) groups is 2. The van der Waals surface area contributed by atoms with Gasteiger partial charge in [0.25, 0.3) is 0 Å². The van der Waals surface area contributed by atoms with Gasteiger partial charge in [0.1, 0.15) is 11.5 Å². The summed E-state index contributed by atoms with van der Waals surface area (Å²) >= 11 is 0. The molecule has 0 amide bonds. The summed E-state index contributed by atoms with van der Waals surface area (Å²) in [4.78, 5) is 21.1. The summed E-state index contributed by atoms with van der Waals surface area (Å²) in [5, 5.41) is 21.1. The molecule has 0 bridgehead atoms. The minimum absolute atomic E-state index is 0. The minimum atomic E-state index is -1.26. The molecule has 0 saturated heterocycles. The fourth-order valence-corrected chi connectivity index (χ4v) is 1.45. The topological polar surface area (TPSA) is 121 Å². The van der Waals surface area contributed by atoms with Crippen LogP contribution in [0.25, 0.3) is 0 Å². The maximum absolute atomic E-state index is 10.6. The van der Waals surface area contributed by atoms with Gasteiger partial charge in [-0.25, -0.2) is 0 Å². The molecule has 6 nitrogen and oxygen atoms in total. The molecule has 0 aliphatic heterocycles. The third kappa shape index (κ3) is 5.35. The molecule has 0 saturated carbocycles. The summed E-state index contributed by atoms with van der Waals surface area (Å²) in [6.45, 7) is 0. The van der Waals surface area contributed by atoms with Crippen molar-refractivity contribution in [3.05, 3.63) is 59.7 Å². The number of carbonyl (C=O) groups excluding carboxylic acids is 2. The Morgan fingerprint density at radius 1 is 0.714 bits per heavy atom. The van der Waals surface area contributed by atoms with Crippen molar-refractivity contribution in [3.63, 3.8) is 0 Å². The van der Waals surface area contributed by atoms with Gasteiger partial charge in [-0.2, -0.15) is 0 Å². The number of hydrogen-bond acceptors (Lipinski definition) is 5. The van der Waals surface area contributed by atoms with Crippen molar-refractivity contribution in [2.24, 2.45) is 0 Å². The van der Waals surface area contributed by atoms with Crippen LogP contribution < -0.4 is 14.9 Å². The molecule has 0 fully saturated rings. The molecule has 0 aliphatic rings. The van der Waals surface area contributed by atoms with Crippen LogP contribution in [0.2, 0.25) is 0 Å². The van der Waals surface area contributed by atoms with Crippen LogP contribution in [0, 0.1) is 0 Å². The quantitative estimate of drug-likeness (QED) is 0.670. The molecular weight excluding hydrogens is 304 g/mol. The molecule has 104 valence electrons. The van der Waals surface area contributed by atoms with E-state index >= 15 is 0 Å². The van der Waals surface area contributed by atoms with Crippen LogP contribution in [-0.4, -0.2) is 55.2 Å². The normalized spacial score (nSPS) is 8.95. The average Bonchev–Trinajstić information content (AvgIpc) is 2.40. The van der Waals surface area contributed by atoms with E-state index in [1.165, 1.54) is 48.5 Å². The second kappa shape index (κ2) is 8.63. The SMILES string of the molecule is O.O=C([O-])c1ccc(Oc2ccc(C(=O)[O-])cc2)cc1.[Ca+2]. The second-order valence-electron chi connectivity index (χ2n) is 3.73. The maximum atomic E-state index is 10.6. The van der Waals surface area contributed by atoms with E-state index in [0.717, 1.165) is 0 Å². The van der Waals surface area contributed by atoms with Crippen LogP contribution in [-0.2, 0) is 0 Å². The fourth-order valence-electron chi connectivity index (χ4n) is 1.45. The molecule has 0 aromatic heterocycles. The summed E-state index contributed by atoms with van der Waals surface area (Å²) < 4.78 is 5.42. The van der Waals surface area contributed by atoms with Crippen molar-refractivity contribution in [1.82, 2.24) is 0 Å². The zero-order valence-electron chi connectivity index (χ0n) is 10.9. The Hall–Kier alpha value is -1.60. The number of aromatic carboxylic acids is 2. The summed E-state index contributed by atoms with van der Waals surface area (Å²) in [6, 6.07) is 11.4. The largest absolute Gasteiger partial charge is 2.00 e. The van der Waals surface area contributed by atoms with Gasteiger partial charge >= 0.3 is 37.7 Å². The molecule has 0 aliphatic carbocycles. The van der Waals surface area contributed by atoms with E-state index in [1.54, 1.807) is 0 Å². The third-order valence-electron chi connectivity index (χ3n) is 2.42. The van der Waals surface area contributed by atoms with E-state index in [2.05, 4.69) is 0 Å². The smallest absolute Gasteiger partial charge is 0.545 e. The molecule has 0 spiro atoms. The van der Waals surface area contributed by atoms with Crippen LogP contribution in [0.3, 0.4) is 0 Å². The maximum Gasteiger partial charge on any atom is 2.00 e. The van der Waals surface area contributed by atoms with Gasteiger partial charge in [-0.15, -0.1) is 0 Å². The first-order chi connectivity index (χ1) is 9.06. The fraction of sp³-hybridized carbons (Fsp3) is 0. The van der Waals surface area contributed by atoms with E-state index in [0.29, 0.717) is 11.5 Å². The van der Waals surface area contributed by atoms with Gasteiger partial charge in [0, 0.05) is 0 Å². The molecule has 7 heteroatoms. The van der Waals surface area contributed by atoms with Crippen molar-refractivity contribution in [2.45, 2.75) is 0 Å². The number of ether oxygens (including phenoxy) is 1. The average molecular weight is 314 g/mol. The van der Waals surface area contributed by atoms with Crippen molar-refractivity contribution in [2.75, 3.05) is 0 Å². The van der Waals surface area contributed by atoms with Crippen molar-refractivity contribution in [1.29, 1.82) is 0 Å². The zero-order valence-corrected chi connectivity index (χ0v) is 13.1. The van der Waals surface area contributed by atoms with Gasteiger partial charge in [-0.3, -0.25) is 0 Å².